The van der Waals surface area contributed by atoms with E-state index in [1.165, 1.54) is 6.20 Å². The van der Waals surface area contributed by atoms with E-state index < -0.39 is 37.1 Å². The van der Waals surface area contributed by atoms with E-state index in [0.29, 0.717) is 50.6 Å². The first kappa shape index (κ1) is 32.3. The van der Waals surface area contributed by atoms with Crippen molar-refractivity contribution in [1.29, 1.82) is 0 Å². The summed E-state index contributed by atoms with van der Waals surface area (Å²) in [5, 5.41) is 5.75. The Morgan fingerprint density at radius 1 is 1.14 bits per heavy atom. The second kappa shape index (κ2) is 12.7. The zero-order valence-corrected chi connectivity index (χ0v) is 27.2. The highest BCUT2D eigenvalue weighted by Gasteiger charge is 2.45. The van der Waals surface area contributed by atoms with Crippen LogP contribution in [0.2, 0.25) is 25.7 Å². The summed E-state index contributed by atoms with van der Waals surface area (Å²) in [6, 6.07) is 4.04. The summed E-state index contributed by atoms with van der Waals surface area (Å²) in [7, 11) is -1.29. The molecule has 2 aliphatic heterocycles. The standard InChI is InChI=1S/C31H42F2N4O6Si/c1-20(2)43-31(17-41-18-31)22-13-37(19-39-9-10-44(4,5)6)28-26(22)25(7-8-34-28)42-27-23(32)11-21(12-24(27)33)36-29(38)35-14-30(3)15-40-16-30/h7-8,11-13,20H,9-10,14-19H2,1-6H3,(H2,35,36,38). The van der Waals surface area contributed by atoms with E-state index in [-0.39, 0.29) is 29.7 Å². The molecule has 2 N–H and O–H groups in total. The topological polar surface area (TPSA) is 105 Å². The van der Waals surface area contributed by atoms with E-state index in [2.05, 4.69) is 35.3 Å². The third kappa shape index (κ3) is 7.23. The van der Waals surface area contributed by atoms with Crippen LogP contribution in [-0.2, 0) is 31.3 Å². The van der Waals surface area contributed by atoms with Crippen molar-refractivity contribution in [3.8, 4) is 11.5 Å². The summed E-state index contributed by atoms with van der Waals surface area (Å²) < 4.78 is 61.6. The van der Waals surface area contributed by atoms with E-state index in [1.54, 1.807) is 6.07 Å². The first-order valence-electron chi connectivity index (χ1n) is 14.9. The zero-order chi connectivity index (χ0) is 31.7. The largest absolute Gasteiger partial charge is 0.450 e. The molecule has 5 rings (SSSR count). The lowest BCUT2D eigenvalue weighted by molar-refractivity contribution is -0.231. The molecule has 2 fully saturated rings. The number of hydrogen-bond acceptors (Lipinski definition) is 7. The molecule has 2 amide bonds. The summed E-state index contributed by atoms with van der Waals surface area (Å²) in [5.41, 5.74) is 0.302. The van der Waals surface area contributed by atoms with Crippen molar-refractivity contribution >= 4 is 30.8 Å². The van der Waals surface area contributed by atoms with Crippen molar-refractivity contribution in [3.05, 3.63) is 47.8 Å². The van der Waals surface area contributed by atoms with Crippen LogP contribution in [-0.4, -0.2) is 69.3 Å². The molecule has 10 nitrogen and oxygen atoms in total. The SMILES string of the molecule is CC(C)OC1(c2cn(COCC[Si](C)(C)C)c3nccc(Oc4c(F)cc(NC(=O)NCC5(C)COC5)cc4F)c23)COC1. The molecule has 2 aromatic heterocycles. The van der Waals surface area contributed by atoms with E-state index in [0.717, 1.165) is 23.7 Å². The van der Waals surface area contributed by atoms with Gasteiger partial charge in [-0.1, -0.05) is 26.6 Å². The van der Waals surface area contributed by atoms with E-state index >= 15 is 8.78 Å². The average molecular weight is 633 g/mol. The zero-order valence-electron chi connectivity index (χ0n) is 26.2. The normalized spacial score (nSPS) is 17.3. The number of hydrogen-bond donors (Lipinski definition) is 2. The summed E-state index contributed by atoms with van der Waals surface area (Å²) in [6.45, 7) is 15.7. The van der Waals surface area contributed by atoms with Gasteiger partial charge < -0.3 is 38.9 Å². The van der Waals surface area contributed by atoms with Crippen LogP contribution in [0.4, 0.5) is 19.3 Å². The lowest BCUT2D eigenvalue weighted by Gasteiger charge is -2.42. The number of benzene rings is 1. The van der Waals surface area contributed by atoms with Crippen LogP contribution in [0.25, 0.3) is 11.0 Å². The van der Waals surface area contributed by atoms with Crippen molar-refractivity contribution in [2.75, 3.05) is 44.9 Å². The fourth-order valence-corrected chi connectivity index (χ4v) is 5.90. The summed E-state index contributed by atoms with van der Waals surface area (Å²) >= 11 is 0. The van der Waals surface area contributed by atoms with Crippen molar-refractivity contribution in [1.82, 2.24) is 14.9 Å². The number of aromatic nitrogens is 2. The monoisotopic (exact) mass is 632 g/mol. The Kier molecular flexibility index (Phi) is 9.33. The third-order valence-corrected chi connectivity index (χ3v) is 9.32. The fourth-order valence-electron chi connectivity index (χ4n) is 5.14. The molecule has 0 unspecified atom stereocenters. The van der Waals surface area contributed by atoms with Gasteiger partial charge in [0.1, 0.15) is 23.7 Å². The number of pyridine rings is 1. The molecule has 0 radical (unpaired) electrons. The molecule has 3 aromatic rings. The fraction of sp³-hybridized carbons (Fsp3) is 0.548. The maximum atomic E-state index is 15.3. The molecule has 0 spiro atoms. The Morgan fingerprint density at radius 2 is 1.82 bits per heavy atom. The number of nitrogens with one attached hydrogen (secondary N) is 2. The van der Waals surface area contributed by atoms with Crippen molar-refractivity contribution in [3.63, 3.8) is 0 Å². The van der Waals surface area contributed by atoms with Crippen molar-refractivity contribution in [2.24, 2.45) is 5.41 Å². The van der Waals surface area contributed by atoms with Gasteiger partial charge in [0, 0.05) is 62.4 Å². The van der Waals surface area contributed by atoms with Gasteiger partial charge in [0.05, 0.1) is 37.9 Å². The predicted molar refractivity (Wildman–Crippen MR) is 165 cm³/mol. The van der Waals surface area contributed by atoms with Gasteiger partial charge in [-0.25, -0.2) is 18.6 Å². The molecule has 0 saturated carbocycles. The van der Waals surface area contributed by atoms with Gasteiger partial charge in [-0.3, -0.25) is 0 Å². The highest BCUT2D eigenvalue weighted by Crippen LogP contribution is 2.44. The third-order valence-electron chi connectivity index (χ3n) is 7.61. The number of anilines is 1. The van der Waals surface area contributed by atoms with Crippen LogP contribution in [0, 0.1) is 17.0 Å². The number of urea groups is 1. The molecular formula is C31H42F2N4O6Si. The number of fused-ring (bicyclic) bond motifs is 1. The first-order valence-corrected chi connectivity index (χ1v) is 18.6. The molecule has 13 heteroatoms. The number of ether oxygens (including phenoxy) is 5. The molecule has 1 aromatic carbocycles. The Bertz CT molecular complexity index is 1480. The number of nitrogens with zero attached hydrogens (tertiary/aromatic N) is 2. The molecule has 0 aliphatic carbocycles. The lowest BCUT2D eigenvalue weighted by Crippen LogP contribution is -2.50. The van der Waals surface area contributed by atoms with Crippen LogP contribution >= 0.6 is 0 Å². The van der Waals surface area contributed by atoms with Crippen LogP contribution in [0.3, 0.4) is 0 Å². The summed E-state index contributed by atoms with van der Waals surface area (Å²) in [6.07, 6.45) is 3.32. The Balaban J connectivity index is 1.42. The maximum absolute atomic E-state index is 15.3. The van der Waals surface area contributed by atoms with Crippen LogP contribution < -0.4 is 15.4 Å². The van der Waals surface area contributed by atoms with Crippen molar-refractivity contribution < 1.29 is 37.3 Å². The highest BCUT2D eigenvalue weighted by atomic mass is 28.3. The Hall–Kier alpha value is -3.10. The van der Waals surface area contributed by atoms with Gasteiger partial charge in [0.25, 0.3) is 0 Å². The van der Waals surface area contributed by atoms with E-state index in [4.69, 9.17) is 23.7 Å². The summed E-state index contributed by atoms with van der Waals surface area (Å²) in [5.74, 6) is -2.34. The minimum Gasteiger partial charge on any atom is -0.450 e. The van der Waals surface area contributed by atoms with Crippen LogP contribution in [0.1, 0.15) is 26.3 Å². The Morgan fingerprint density at radius 3 is 2.39 bits per heavy atom. The predicted octanol–water partition coefficient (Wildman–Crippen LogP) is 6.23. The molecule has 44 heavy (non-hydrogen) atoms. The van der Waals surface area contributed by atoms with E-state index in [9.17, 15) is 4.79 Å². The highest BCUT2D eigenvalue weighted by molar-refractivity contribution is 6.76. The number of rotatable bonds is 13. The molecule has 2 aliphatic rings. The molecular weight excluding hydrogens is 590 g/mol. The molecule has 0 bridgehead atoms. The van der Waals surface area contributed by atoms with Crippen LogP contribution in [0.15, 0.2) is 30.6 Å². The van der Waals surface area contributed by atoms with Crippen molar-refractivity contribution in [2.45, 2.75) is 64.9 Å². The number of halogens is 2. The number of carbonyl (C=O) groups excluding carboxylic acids is 1. The number of carbonyl (C=O) groups is 1. The molecule has 0 atom stereocenters. The lowest BCUT2D eigenvalue weighted by atomic mass is 9.89. The van der Waals surface area contributed by atoms with E-state index in [1.807, 2.05) is 31.5 Å². The van der Waals surface area contributed by atoms with Gasteiger partial charge in [-0.15, -0.1) is 0 Å². The van der Waals surface area contributed by atoms with Gasteiger partial charge in [0.15, 0.2) is 17.4 Å². The Labute approximate surface area is 257 Å². The minimum absolute atomic E-state index is 0.0436. The molecule has 240 valence electrons. The second-order valence-electron chi connectivity index (χ2n) is 13.5. The molecule has 4 heterocycles. The van der Waals surface area contributed by atoms with Gasteiger partial charge in [0.2, 0.25) is 0 Å². The number of amides is 2. The second-order valence-corrected chi connectivity index (χ2v) is 19.1. The summed E-state index contributed by atoms with van der Waals surface area (Å²) in [4.78, 5) is 16.9. The quantitative estimate of drug-likeness (QED) is 0.170. The van der Waals surface area contributed by atoms with Gasteiger partial charge in [-0.05, 0) is 26.0 Å². The molecule has 2 saturated heterocycles. The maximum Gasteiger partial charge on any atom is 0.319 e. The van der Waals surface area contributed by atoms with Crippen LogP contribution in [0.5, 0.6) is 11.5 Å². The average Bonchev–Trinajstić information content (AvgIpc) is 3.27. The smallest absolute Gasteiger partial charge is 0.319 e. The first-order chi connectivity index (χ1) is 20.8. The van der Waals surface area contributed by atoms with Gasteiger partial charge in [-0.2, -0.15) is 0 Å². The van der Waals surface area contributed by atoms with Gasteiger partial charge >= 0.3 is 6.03 Å². The minimum atomic E-state index is -1.29.